The first-order chi connectivity index (χ1) is 8.18. The predicted molar refractivity (Wildman–Crippen MR) is 68.0 cm³/mol. The van der Waals surface area contributed by atoms with Gasteiger partial charge >= 0.3 is 0 Å². The van der Waals surface area contributed by atoms with Crippen molar-refractivity contribution in [3.63, 3.8) is 0 Å². The molecule has 17 heavy (non-hydrogen) atoms. The molecule has 2 rings (SSSR count). The standard InChI is InChI=1S/C13H13ClN2O/c1-16-8-4-5-10(16)9-15-13(17)11-6-2-3-7-12(11)14/h2-8H,9H2,1H3,(H,15,17). The summed E-state index contributed by atoms with van der Waals surface area (Å²) in [5, 5.41) is 3.31. The van der Waals surface area contributed by atoms with Gasteiger partial charge in [-0.25, -0.2) is 0 Å². The Labute approximate surface area is 105 Å². The SMILES string of the molecule is Cn1cccc1CNC(=O)c1ccccc1Cl. The molecule has 0 unspecified atom stereocenters. The Balaban J connectivity index is 2.04. The average molecular weight is 249 g/mol. The second-order valence-corrected chi connectivity index (χ2v) is 4.18. The van der Waals surface area contributed by atoms with Crippen LogP contribution in [0.3, 0.4) is 0 Å². The largest absolute Gasteiger partial charge is 0.353 e. The average Bonchev–Trinajstić information content (AvgIpc) is 2.72. The number of amides is 1. The van der Waals surface area contributed by atoms with E-state index < -0.39 is 0 Å². The minimum absolute atomic E-state index is 0.156. The van der Waals surface area contributed by atoms with E-state index in [4.69, 9.17) is 11.6 Å². The Bertz CT molecular complexity index is 534. The van der Waals surface area contributed by atoms with E-state index >= 15 is 0 Å². The van der Waals surface area contributed by atoms with Crippen LogP contribution in [0.4, 0.5) is 0 Å². The number of carbonyl (C=O) groups is 1. The van der Waals surface area contributed by atoms with E-state index in [0.29, 0.717) is 17.1 Å². The van der Waals surface area contributed by atoms with Crippen LogP contribution in [0.2, 0.25) is 5.02 Å². The number of rotatable bonds is 3. The Kier molecular flexibility index (Phi) is 3.49. The molecule has 1 N–H and O–H groups in total. The zero-order valence-corrected chi connectivity index (χ0v) is 10.2. The first-order valence-corrected chi connectivity index (χ1v) is 5.69. The highest BCUT2D eigenvalue weighted by Crippen LogP contribution is 2.14. The zero-order chi connectivity index (χ0) is 12.3. The predicted octanol–water partition coefficient (Wildman–Crippen LogP) is 2.61. The van der Waals surface area contributed by atoms with Crippen molar-refractivity contribution in [2.45, 2.75) is 6.54 Å². The van der Waals surface area contributed by atoms with Gasteiger partial charge in [0, 0.05) is 18.9 Å². The maximum Gasteiger partial charge on any atom is 0.253 e. The summed E-state index contributed by atoms with van der Waals surface area (Å²) >= 11 is 5.94. The van der Waals surface area contributed by atoms with E-state index in [1.54, 1.807) is 24.3 Å². The third kappa shape index (κ3) is 2.68. The lowest BCUT2D eigenvalue weighted by atomic mass is 10.2. The van der Waals surface area contributed by atoms with Crippen molar-refractivity contribution in [2.75, 3.05) is 0 Å². The van der Waals surface area contributed by atoms with Crippen molar-refractivity contribution in [2.24, 2.45) is 7.05 Å². The van der Waals surface area contributed by atoms with Gasteiger partial charge in [0.05, 0.1) is 17.1 Å². The molecule has 0 saturated carbocycles. The van der Waals surface area contributed by atoms with Gasteiger partial charge < -0.3 is 9.88 Å². The Hall–Kier alpha value is -1.74. The molecule has 1 heterocycles. The lowest BCUT2D eigenvalue weighted by molar-refractivity contribution is 0.0950. The number of nitrogens with one attached hydrogen (secondary N) is 1. The van der Waals surface area contributed by atoms with Crippen LogP contribution in [0.15, 0.2) is 42.6 Å². The molecule has 1 amide bonds. The topological polar surface area (TPSA) is 34.0 Å². The third-order valence-electron chi connectivity index (χ3n) is 2.60. The van der Waals surface area contributed by atoms with Crippen molar-refractivity contribution in [3.8, 4) is 0 Å². The normalized spacial score (nSPS) is 10.2. The van der Waals surface area contributed by atoms with E-state index in [1.807, 2.05) is 29.9 Å². The summed E-state index contributed by atoms with van der Waals surface area (Å²) < 4.78 is 1.97. The first-order valence-electron chi connectivity index (χ1n) is 5.31. The summed E-state index contributed by atoms with van der Waals surface area (Å²) in [5.74, 6) is -0.156. The van der Waals surface area contributed by atoms with E-state index in [-0.39, 0.29) is 5.91 Å². The lowest BCUT2D eigenvalue weighted by Gasteiger charge is -2.07. The smallest absolute Gasteiger partial charge is 0.253 e. The molecule has 0 aliphatic carbocycles. The number of nitrogens with zero attached hydrogens (tertiary/aromatic N) is 1. The van der Waals surface area contributed by atoms with Crippen LogP contribution in [0.5, 0.6) is 0 Å². The van der Waals surface area contributed by atoms with Gasteiger partial charge in [-0.15, -0.1) is 0 Å². The molecule has 1 aromatic carbocycles. The molecule has 4 heteroatoms. The summed E-state index contributed by atoms with van der Waals surface area (Å²) in [6, 6.07) is 10.9. The Morgan fingerprint density at radius 2 is 2.06 bits per heavy atom. The quantitative estimate of drug-likeness (QED) is 0.890. The van der Waals surface area contributed by atoms with Gasteiger partial charge in [-0.1, -0.05) is 23.7 Å². The molecule has 0 atom stereocenters. The molecular weight excluding hydrogens is 236 g/mol. The fraction of sp³-hybridized carbons (Fsp3) is 0.154. The monoisotopic (exact) mass is 248 g/mol. The van der Waals surface area contributed by atoms with Crippen LogP contribution < -0.4 is 5.32 Å². The fourth-order valence-corrected chi connectivity index (χ4v) is 1.81. The van der Waals surface area contributed by atoms with Gasteiger partial charge in [0.1, 0.15) is 0 Å². The lowest BCUT2D eigenvalue weighted by Crippen LogP contribution is -2.24. The molecule has 2 aromatic rings. The summed E-state index contributed by atoms with van der Waals surface area (Å²) in [7, 11) is 1.94. The van der Waals surface area contributed by atoms with Crippen molar-refractivity contribution in [1.29, 1.82) is 0 Å². The molecule has 0 spiro atoms. The number of aryl methyl sites for hydroxylation is 1. The minimum atomic E-state index is -0.156. The van der Waals surface area contributed by atoms with Crippen molar-refractivity contribution < 1.29 is 4.79 Å². The zero-order valence-electron chi connectivity index (χ0n) is 9.48. The van der Waals surface area contributed by atoms with Crippen molar-refractivity contribution in [1.82, 2.24) is 9.88 Å². The molecule has 0 fully saturated rings. The first kappa shape index (κ1) is 11.7. The third-order valence-corrected chi connectivity index (χ3v) is 2.93. The molecule has 3 nitrogen and oxygen atoms in total. The maximum absolute atomic E-state index is 11.9. The van der Waals surface area contributed by atoms with Crippen LogP contribution in [0.25, 0.3) is 0 Å². The van der Waals surface area contributed by atoms with Crippen LogP contribution in [-0.4, -0.2) is 10.5 Å². The highest BCUT2D eigenvalue weighted by Gasteiger charge is 2.09. The van der Waals surface area contributed by atoms with Gasteiger partial charge in [-0.2, -0.15) is 0 Å². The minimum Gasteiger partial charge on any atom is -0.353 e. The van der Waals surface area contributed by atoms with E-state index in [2.05, 4.69) is 5.32 Å². The van der Waals surface area contributed by atoms with Crippen molar-refractivity contribution in [3.05, 3.63) is 58.9 Å². The number of hydrogen-bond acceptors (Lipinski definition) is 1. The number of hydrogen-bond donors (Lipinski definition) is 1. The molecule has 0 bridgehead atoms. The van der Waals surface area contributed by atoms with Gasteiger partial charge in [-0.05, 0) is 24.3 Å². The summed E-state index contributed by atoms with van der Waals surface area (Å²) in [6.07, 6.45) is 1.94. The molecule has 0 aliphatic heterocycles. The number of carbonyl (C=O) groups excluding carboxylic acids is 1. The van der Waals surface area contributed by atoms with Crippen LogP contribution >= 0.6 is 11.6 Å². The van der Waals surface area contributed by atoms with Crippen LogP contribution in [-0.2, 0) is 13.6 Å². The molecule has 0 aliphatic rings. The summed E-state index contributed by atoms with van der Waals surface area (Å²) in [5.41, 5.74) is 1.55. The number of benzene rings is 1. The molecule has 0 radical (unpaired) electrons. The van der Waals surface area contributed by atoms with Gasteiger partial charge in [0.15, 0.2) is 0 Å². The second kappa shape index (κ2) is 5.06. The van der Waals surface area contributed by atoms with Crippen LogP contribution in [0.1, 0.15) is 16.1 Å². The summed E-state index contributed by atoms with van der Waals surface area (Å²) in [4.78, 5) is 11.9. The van der Waals surface area contributed by atoms with Gasteiger partial charge in [-0.3, -0.25) is 4.79 Å². The molecule has 1 aromatic heterocycles. The maximum atomic E-state index is 11.9. The highest BCUT2D eigenvalue weighted by atomic mass is 35.5. The van der Waals surface area contributed by atoms with E-state index in [0.717, 1.165) is 5.69 Å². The summed E-state index contributed by atoms with van der Waals surface area (Å²) in [6.45, 7) is 0.494. The van der Waals surface area contributed by atoms with Gasteiger partial charge in [0.2, 0.25) is 0 Å². The number of aromatic nitrogens is 1. The number of halogens is 1. The molecule has 0 saturated heterocycles. The van der Waals surface area contributed by atoms with Gasteiger partial charge in [0.25, 0.3) is 5.91 Å². The fourth-order valence-electron chi connectivity index (χ4n) is 1.59. The van der Waals surface area contributed by atoms with E-state index in [1.165, 1.54) is 0 Å². The Morgan fingerprint density at radius 3 is 2.71 bits per heavy atom. The van der Waals surface area contributed by atoms with Crippen LogP contribution in [0, 0.1) is 0 Å². The van der Waals surface area contributed by atoms with E-state index in [9.17, 15) is 4.79 Å². The second-order valence-electron chi connectivity index (χ2n) is 3.77. The molecular formula is C13H13ClN2O. The molecule has 88 valence electrons. The Morgan fingerprint density at radius 1 is 1.29 bits per heavy atom. The van der Waals surface area contributed by atoms with Crippen molar-refractivity contribution >= 4 is 17.5 Å². The highest BCUT2D eigenvalue weighted by molar-refractivity contribution is 6.33.